The van der Waals surface area contributed by atoms with Crippen molar-refractivity contribution in [2.75, 3.05) is 11.4 Å². The summed E-state index contributed by atoms with van der Waals surface area (Å²) in [4.78, 5) is 26.1. The lowest BCUT2D eigenvalue weighted by atomic mass is 10.1. The molecule has 1 saturated heterocycles. The van der Waals surface area contributed by atoms with E-state index in [0.717, 1.165) is 12.8 Å². The van der Waals surface area contributed by atoms with Crippen LogP contribution in [0.1, 0.15) is 32.1 Å². The van der Waals surface area contributed by atoms with Crippen LogP contribution >= 0.6 is 23.2 Å². The highest BCUT2D eigenvalue weighted by molar-refractivity contribution is 6.36. The van der Waals surface area contributed by atoms with Gasteiger partial charge in [0.15, 0.2) is 0 Å². The van der Waals surface area contributed by atoms with Gasteiger partial charge in [-0.3, -0.25) is 9.59 Å². The molecule has 1 aromatic carbocycles. The number of nitrogens with zero attached hydrogens (tertiary/aromatic N) is 1. The molecule has 1 aliphatic heterocycles. The number of hydrogen-bond acceptors (Lipinski definition) is 2. The molecule has 1 unspecified atom stereocenters. The Kier molecular flexibility index (Phi) is 4.59. The molecule has 22 heavy (non-hydrogen) atoms. The summed E-state index contributed by atoms with van der Waals surface area (Å²) in [6.45, 7) is 0.374. The van der Waals surface area contributed by atoms with Crippen molar-refractivity contribution in [3.05, 3.63) is 28.2 Å². The Hall–Kier alpha value is -1.26. The van der Waals surface area contributed by atoms with Crippen LogP contribution in [0.25, 0.3) is 0 Å². The number of carbonyl (C=O) groups excluding carboxylic acids is 2. The number of carbonyl (C=O) groups is 2. The van der Waals surface area contributed by atoms with Gasteiger partial charge in [-0.05, 0) is 31.0 Å². The van der Waals surface area contributed by atoms with E-state index in [0.29, 0.717) is 22.3 Å². The van der Waals surface area contributed by atoms with E-state index in [9.17, 15) is 9.59 Å². The largest absolute Gasteiger partial charge is 0.353 e. The number of anilines is 1. The zero-order valence-corrected chi connectivity index (χ0v) is 13.7. The van der Waals surface area contributed by atoms with Crippen LogP contribution in [0, 0.1) is 5.92 Å². The summed E-state index contributed by atoms with van der Waals surface area (Å²) in [5.41, 5.74) is 0.618. The third-order valence-electron chi connectivity index (χ3n) is 4.40. The Morgan fingerprint density at radius 3 is 2.64 bits per heavy atom. The molecule has 2 amide bonds. The zero-order valence-electron chi connectivity index (χ0n) is 12.1. The molecule has 1 N–H and O–H groups in total. The van der Waals surface area contributed by atoms with Crippen molar-refractivity contribution >= 4 is 40.7 Å². The molecular weight excluding hydrogens is 323 g/mol. The highest BCUT2D eigenvalue weighted by Crippen LogP contribution is 2.33. The van der Waals surface area contributed by atoms with E-state index in [1.54, 1.807) is 23.1 Å². The number of amides is 2. The smallest absolute Gasteiger partial charge is 0.227 e. The molecule has 6 heteroatoms. The first-order valence-corrected chi connectivity index (χ1v) is 8.36. The fraction of sp³-hybridized carbons (Fsp3) is 0.500. The fourth-order valence-electron chi connectivity index (χ4n) is 3.21. The summed E-state index contributed by atoms with van der Waals surface area (Å²) in [6.07, 6.45) is 4.65. The van der Waals surface area contributed by atoms with Crippen molar-refractivity contribution in [2.45, 2.75) is 38.1 Å². The highest BCUT2D eigenvalue weighted by atomic mass is 35.5. The lowest BCUT2D eigenvalue weighted by molar-refractivity contribution is -0.126. The monoisotopic (exact) mass is 340 g/mol. The SMILES string of the molecule is O=C(NC1CCCC1)C1CC(=O)N(c2ccc(Cl)cc2Cl)C1. The number of benzene rings is 1. The van der Waals surface area contributed by atoms with Gasteiger partial charge in [-0.25, -0.2) is 0 Å². The van der Waals surface area contributed by atoms with Crippen LogP contribution in [0.5, 0.6) is 0 Å². The molecule has 1 saturated carbocycles. The Balaban J connectivity index is 1.68. The maximum Gasteiger partial charge on any atom is 0.227 e. The highest BCUT2D eigenvalue weighted by Gasteiger charge is 2.36. The van der Waals surface area contributed by atoms with Crippen LogP contribution in [0.3, 0.4) is 0 Å². The number of rotatable bonds is 3. The van der Waals surface area contributed by atoms with Crippen molar-refractivity contribution in [3.63, 3.8) is 0 Å². The summed E-state index contributed by atoms with van der Waals surface area (Å²) in [5.74, 6) is -0.400. The summed E-state index contributed by atoms with van der Waals surface area (Å²) in [7, 11) is 0. The third-order valence-corrected chi connectivity index (χ3v) is 4.94. The lowest BCUT2D eigenvalue weighted by Crippen LogP contribution is -2.38. The minimum Gasteiger partial charge on any atom is -0.353 e. The van der Waals surface area contributed by atoms with Gasteiger partial charge in [0.1, 0.15) is 0 Å². The number of halogens is 2. The molecule has 1 atom stereocenters. The first-order chi connectivity index (χ1) is 10.5. The van der Waals surface area contributed by atoms with E-state index in [2.05, 4.69) is 5.32 Å². The van der Waals surface area contributed by atoms with Gasteiger partial charge < -0.3 is 10.2 Å². The van der Waals surface area contributed by atoms with Crippen LogP contribution in [-0.2, 0) is 9.59 Å². The Morgan fingerprint density at radius 1 is 1.23 bits per heavy atom. The zero-order chi connectivity index (χ0) is 15.7. The second-order valence-corrected chi connectivity index (χ2v) is 6.83. The number of nitrogens with one attached hydrogen (secondary N) is 1. The van der Waals surface area contributed by atoms with E-state index in [-0.39, 0.29) is 30.2 Å². The molecule has 1 aromatic rings. The molecule has 2 fully saturated rings. The van der Waals surface area contributed by atoms with Crippen molar-refractivity contribution in [3.8, 4) is 0 Å². The maximum absolute atomic E-state index is 12.3. The van der Waals surface area contributed by atoms with E-state index in [4.69, 9.17) is 23.2 Å². The van der Waals surface area contributed by atoms with Crippen LogP contribution < -0.4 is 10.2 Å². The first kappa shape index (κ1) is 15.6. The quantitative estimate of drug-likeness (QED) is 0.916. The van der Waals surface area contributed by atoms with E-state index >= 15 is 0 Å². The molecule has 0 bridgehead atoms. The summed E-state index contributed by atoms with van der Waals surface area (Å²) < 4.78 is 0. The topological polar surface area (TPSA) is 49.4 Å². The normalized spacial score (nSPS) is 22.4. The van der Waals surface area contributed by atoms with Crippen LogP contribution in [0.15, 0.2) is 18.2 Å². The Bertz CT molecular complexity index is 600. The first-order valence-electron chi connectivity index (χ1n) is 7.60. The average molecular weight is 341 g/mol. The lowest BCUT2D eigenvalue weighted by Gasteiger charge is -2.19. The fourth-order valence-corrected chi connectivity index (χ4v) is 3.72. The molecule has 1 heterocycles. The van der Waals surface area contributed by atoms with Gasteiger partial charge in [-0.2, -0.15) is 0 Å². The number of hydrogen-bond donors (Lipinski definition) is 1. The average Bonchev–Trinajstić information content (AvgIpc) is 3.09. The predicted octanol–water partition coefficient (Wildman–Crippen LogP) is 3.41. The minimum absolute atomic E-state index is 0.0205. The third kappa shape index (κ3) is 3.23. The van der Waals surface area contributed by atoms with Crippen molar-refractivity contribution in [1.29, 1.82) is 0 Å². The van der Waals surface area contributed by atoms with E-state index in [1.807, 2.05) is 0 Å². The van der Waals surface area contributed by atoms with Gasteiger partial charge in [0, 0.05) is 24.0 Å². The Morgan fingerprint density at radius 2 is 1.95 bits per heavy atom. The van der Waals surface area contributed by atoms with Gasteiger partial charge in [0.05, 0.1) is 16.6 Å². The molecular formula is C16H18Cl2N2O2. The molecule has 4 nitrogen and oxygen atoms in total. The predicted molar refractivity (Wildman–Crippen MR) is 87.3 cm³/mol. The molecule has 0 radical (unpaired) electrons. The van der Waals surface area contributed by atoms with E-state index < -0.39 is 0 Å². The molecule has 2 aliphatic rings. The van der Waals surface area contributed by atoms with E-state index in [1.165, 1.54) is 12.8 Å². The van der Waals surface area contributed by atoms with Gasteiger partial charge >= 0.3 is 0 Å². The summed E-state index contributed by atoms with van der Waals surface area (Å²) >= 11 is 12.0. The standard InChI is InChI=1S/C16H18Cl2N2O2/c17-11-5-6-14(13(18)8-11)20-9-10(7-15(20)21)16(22)19-12-3-1-2-4-12/h5-6,8,10,12H,1-4,7,9H2,(H,19,22). The molecule has 118 valence electrons. The molecule has 0 spiro atoms. The minimum atomic E-state index is -0.306. The van der Waals surface area contributed by atoms with Crippen LogP contribution in [-0.4, -0.2) is 24.4 Å². The second kappa shape index (κ2) is 6.47. The van der Waals surface area contributed by atoms with Gasteiger partial charge in [-0.15, -0.1) is 0 Å². The van der Waals surface area contributed by atoms with Crippen molar-refractivity contribution in [2.24, 2.45) is 5.92 Å². The summed E-state index contributed by atoms with van der Waals surface area (Å²) in [6, 6.07) is 5.30. The van der Waals surface area contributed by atoms with Gasteiger partial charge in [0.2, 0.25) is 11.8 Å². The van der Waals surface area contributed by atoms with Gasteiger partial charge in [-0.1, -0.05) is 36.0 Å². The second-order valence-electron chi connectivity index (χ2n) is 5.99. The van der Waals surface area contributed by atoms with Gasteiger partial charge in [0.25, 0.3) is 0 Å². The maximum atomic E-state index is 12.3. The summed E-state index contributed by atoms with van der Waals surface area (Å²) in [5, 5.41) is 4.02. The van der Waals surface area contributed by atoms with Crippen molar-refractivity contribution in [1.82, 2.24) is 5.32 Å². The molecule has 0 aromatic heterocycles. The molecule has 1 aliphatic carbocycles. The Labute approximate surface area is 139 Å². The molecule has 3 rings (SSSR count). The van der Waals surface area contributed by atoms with Crippen LogP contribution in [0.2, 0.25) is 10.0 Å². The van der Waals surface area contributed by atoms with Crippen LogP contribution in [0.4, 0.5) is 5.69 Å². The van der Waals surface area contributed by atoms with Crippen molar-refractivity contribution < 1.29 is 9.59 Å².